The van der Waals surface area contributed by atoms with Crippen LogP contribution in [0.25, 0.3) is 0 Å². The van der Waals surface area contributed by atoms with Gasteiger partial charge in [0.1, 0.15) is 5.54 Å². The maximum atomic E-state index is 12.2. The summed E-state index contributed by atoms with van der Waals surface area (Å²) in [7, 11) is 3.09. The van der Waals surface area contributed by atoms with E-state index < -0.39 is 30.1 Å². The summed E-state index contributed by atoms with van der Waals surface area (Å²) in [6, 6.07) is -1.69. The number of amides is 2. The summed E-state index contributed by atoms with van der Waals surface area (Å²) in [6.07, 6.45) is -3.57. The molecule has 1 unspecified atom stereocenters. The standard InChI is InChI=1S/C12H20F3N3O2/c1-18(2)10(20)11(5-3-4-6-11)17-9(19)8(16)7-12(13,14)15/h8H,3-7,16H2,1-2H3,(H,17,19). The van der Waals surface area contributed by atoms with Gasteiger partial charge in [-0.25, -0.2) is 0 Å². The molecule has 1 saturated carbocycles. The SMILES string of the molecule is CN(C)C(=O)C1(NC(=O)C(N)CC(F)(F)F)CCCC1. The first kappa shape index (κ1) is 16.7. The number of hydrogen-bond acceptors (Lipinski definition) is 3. The molecular weight excluding hydrogens is 275 g/mol. The van der Waals surface area contributed by atoms with Gasteiger partial charge in [-0.3, -0.25) is 9.59 Å². The molecular formula is C12H20F3N3O2. The van der Waals surface area contributed by atoms with Crippen LogP contribution >= 0.6 is 0 Å². The normalized spacial score (nSPS) is 19.5. The Morgan fingerprint density at radius 3 is 2.20 bits per heavy atom. The van der Waals surface area contributed by atoms with Crippen LogP contribution in [0, 0.1) is 0 Å². The number of carbonyl (C=O) groups excluding carboxylic acids is 2. The molecule has 1 rings (SSSR count). The van der Waals surface area contributed by atoms with E-state index in [-0.39, 0.29) is 5.91 Å². The fourth-order valence-corrected chi connectivity index (χ4v) is 2.47. The summed E-state index contributed by atoms with van der Waals surface area (Å²) in [5.74, 6) is -1.23. The predicted octanol–water partition coefficient (Wildman–Crippen LogP) is 0.783. The summed E-state index contributed by atoms with van der Waals surface area (Å²) < 4.78 is 36.7. The highest BCUT2D eigenvalue weighted by Gasteiger charge is 2.45. The average Bonchev–Trinajstić information content (AvgIpc) is 2.75. The summed E-state index contributed by atoms with van der Waals surface area (Å²) in [4.78, 5) is 25.3. The van der Waals surface area contributed by atoms with Gasteiger partial charge in [0.05, 0.1) is 12.5 Å². The van der Waals surface area contributed by atoms with Gasteiger partial charge in [0.25, 0.3) is 0 Å². The minimum absolute atomic E-state index is 0.303. The van der Waals surface area contributed by atoms with Crippen LogP contribution in [-0.2, 0) is 9.59 Å². The van der Waals surface area contributed by atoms with E-state index in [1.54, 1.807) is 14.1 Å². The highest BCUT2D eigenvalue weighted by molar-refractivity contribution is 5.93. The van der Waals surface area contributed by atoms with Crippen molar-refractivity contribution in [2.45, 2.75) is 49.9 Å². The van der Waals surface area contributed by atoms with Crippen LogP contribution in [0.15, 0.2) is 0 Å². The highest BCUT2D eigenvalue weighted by atomic mass is 19.4. The fraction of sp³-hybridized carbons (Fsp3) is 0.833. The molecule has 116 valence electrons. The average molecular weight is 295 g/mol. The van der Waals surface area contributed by atoms with Gasteiger partial charge in [0.2, 0.25) is 11.8 Å². The Balaban J connectivity index is 2.76. The van der Waals surface area contributed by atoms with E-state index in [0.717, 1.165) is 12.8 Å². The van der Waals surface area contributed by atoms with Gasteiger partial charge in [-0.1, -0.05) is 12.8 Å². The minimum atomic E-state index is -4.51. The molecule has 8 heteroatoms. The van der Waals surface area contributed by atoms with Crippen LogP contribution in [0.5, 0.6) is 0 Å². The van der Waals surface area contributed by atoms with Gasteiger partial charge in [-0.2, -0.15) is 13.2 Å². The number of nitrogens with one attached hydrogen (secondary N) is 1. The molecule has 2 amide bonds. The van der Waals surface area contributed by atoms with E-state index in [2.05, 4.69) is 5.32 Å². The molecule has 0 bridgehead atoms. The first-order valence-electron chi connectivity index (χ1n) is 6.43. The first-order valence-corrected chi connectivity index (χ1v) is 6.43. The zero-order valence-electron chi connectivity index (χ0n) is 11.6. The van der Waals surface area contributed by atoms with Crippen molar-refractivity contribution < 1.29 is 22.8 Å². The Hall–Kier alpha value is -1.31. The molecule has 0 radical (unpaired) electrons. The molecule has 0 aromatic carbocycles. The van der Waals surface area contributed by atoms with Crippen molar-refractivity contribution in [2.75, 3.05) is 14.1 Å². The van der Waals surface area contributed by atoms with Gasteiger partial charge in [0.15, 0.2) is 0 Å². The van der Waals surface area contributed by atoms with E-state index in [1.165, 1.54) is 4.90 Å². The molecule has 0 saturated heterocycles. The molecule has 3 N–H and O–H groups in total. The molecule has 20 heavy (non-hydrogen) atoms. The predicted molar refractivity (Wildman–Crippen MR) is 66.7 cm³/mol. The quantitative estimate of drug-likeness (QED) is 0.805. The van der Waals surface area contributed by atoms with Crippen molar-refractivity contribution in [3.05, 3.63) is 0 Å². The maximum absolute atomic E-state index is 12.2. The van der Waals surface area contributed by atoms with E-state index in [4.69, 9.17) is 5.73 Å². The Kier molecular flexibility index (Phi) is 5.01. The van der Waals surface area contributed by atoms with E-state index >= 15 is 0 Å². The van der Waals surface area contributed by atoms with Crippen molar-refractivity contribution in [3.8, 4) is 0 Å². The minimum Gasteiger partial charge on any atom is -0.347 e. The lowest BCUT2D eigenvalue weighted by Gasteiger charge is -2.32. The van der Waals surface area contributed by atoms with Crippen LogP contribution in [-0.4, -0.2) is 48.6 Å². The van der Waals surface area contributed by atoms with Crippen LogP contribution in [0.2, 0.25) is 0 Å². The summed E-state index contributed by atoms with van der Waals surface area (Å²) >= 11 is 0. The lowest BCUT2D eigenvalue weighted by molar-refractivity contribution is -0.149. The number of nitrogens with zero attached hydrogens (tertiary/aromatic N) is 1. The topological polar surface area (TPSA) is 75.4 Å². The maximum Gasteiger partial charge on any atom is 0.391 e. The van der Waals surface area contributed by atoms with E-state index in [0.29, 0.717) is 12.8 Å². The van der Waals surface area contributed by atoms with Crippen LogP contribution in [0.1, 0.15) is 32.1 Å². The molecule has 0 spiro atoms. The molecule has 1 aliphatic carbocycles. The van der Waals surface area contributed by atoms with Crippen molar-refractivity contribution >= 4 is 11.8 Å². The van der Waals surface area contributed by atoms with Gasteiger partial charge >= 0.3 is 6.18 Å². The third-order valence-electron chi connectivity index (χ3n) is 3.42. The van der Waals surface area contributed by atoms with Crippen molar-refractivity contribution in [3.63, 3.8) is 0 Å². The summed E-state index contributed by atoms with van der Waals surface area (Å²) in [6.45, 7) is 0. The molecule has 1 fully saturated rings. The van der Waals surface area contributed by atoms with Crippen molar-refractivity contribution in [1.82, 2.24) is 10.2 Å². The van der Waals surface area contributed by atoms with Gasteiger partial charge in [0, 0.05) is 14.1 Å². The molecule has 0 aromatic rings. The number of halogens is 3. The summed E-state index contributed by atoms with van der Waals surface area (Å²) in [5, 5.41) is 2.44. The van der Waals surface area contributed by atoms with Crippen LogP contribution in [0.3, 0.4) is 0 Å². The molecule has 1 atom stereocenters. The Morgan fingerprint density at radius 2 is 1.80 bits per heavy atom. The number of nitrogens with two attached hydrogens (primary N) is 1. The lowest BCUT2D eigenvalue weighted by Crippen LogP contribution is -2.60. The second kappa shape index (κ2) is 5.99. The van der Waals surface area contributed by atoms with Crippen LogP contribution < -0.4 is 11.1 Å². The molecule has 1 aliphatic rings. The number of hydrogen-bond donors (Lipinski definition) is 2. The largest absolute Gasteiger partial charge is 0.391 e. The lowest BCUT2D eigenvalue weighted by atomic mass is 9.95. The van der Waals surface area contributed by atoms with Crippen LogP contribution in [0.4, 0.5) is 13.2 Å². The number of carbonyl (C=O) groups is 2. The Labute approximate surface area is 115 Å². The van der Waals surface area contributed by atoms with Gasteiger partial charge < -0.3 is 16.0 Å². The molecule has 0 aliphatic heterocycles. The van der Waals surface area contributed by atoms with Crippen molar-refractivity contribution in [1.29, 1.82) is 0 Å². The van der Waals surface area contributed by atoms with Gasteiger partial charge in [-0.15, -0.1) is 0 Å². The second-order valence-corrected chi connectivity index (χ2v) is 5.40. The molecule has 0 aromatic heterocycles. The monoisotopic (exact) mass is 295 g/mol. The second-order valence-electron chi connectivity index (χ2n) is 5.40. The van der Waals surface area contributed by atoms with Crippen molar-refractivity contribution in [2.24, 2.45) is 5.73 Å². The highest BCUT2D eigenvalue weighted by Crippen LogP contribution is 2.31. The smallest absolute Gasteiger partial charge is 0.347 e. The Bertz CT molecular complexity index is 377. The third kappa shape index (κ3) is 4.09. The Morgan fingerprint density at radius 1 is 1.30 bits per heavy atom. The third-order valence-corrected chi connectivity index (χ3v) is 3.42. The summed E-state index contributed by atoms with van der Waals surface area (Å²) in [5.41, 5.74) is 4.15. The number of alkyl halides is 3. The van der Waals surface area contributed by atoms with E-state index in [9.17, 15) is 22.8 Å². The number of rotatable bonds is 4. The van der Waals surface area contributed by atoms with E-state index in [1.807, 2.05) is 0 Å². The first-order chi connectivity index (χ1) is 9.07. The number of likely N-dealkylation sites (N-methyl/N-ethyl adjacent to an activating group) is 1. The zero-order chi connectivity index (χ0) is 15.6. The van der Waals surface area contributed by atoms with Gasteiger partial charge in [-0.05, 0) is 12.8 Å². The fourth-order valence-electron chi connectivity index (χ4n) is 2.47. The zero-order valence-corrected chi connectivity index (χ0v) is 11.6. The molecule has 5 nitrogen and oxygen atoms in total. The molecule has 0 heterocycles.